The van der Waals surface area contributed by atoms with Crippen molar-refractivity contribution in [2.24, 2.45) is 7.05 Å². The molecule has 0 saturated carbocycles. The van der Waals surface area contributed by atoms with Crippen LogP contribution in [0.1, 0.15) is 0 Å². The van der Waals surface area contributed by atoms with Crippen LogP contribution in [0.4, 0.5) is 5.69 Å². The van der Waals surface area contributed by atoms with E-state index in [1.807, 2.05) is 7.05 Å². The number of nitrogens with zero attached hydrogens (tertiary/aromatic N) is 3. The van der Waals surface area contributed by atoms with Gasteiger partial charge in [0.1, 0.15) is 5.52 Å². The quantitative estimate of drug-likeness (QED) is 0.666. The highest BCUT2D eigenvalue weighted by molar-refractivity contribution is 6.29. The highest BCUT2D eigenvalue weighted by Gasteiger charge is 2.07. The lowest BCUT2D eigenvalue weighted by molar-refractivity contribution is 0.949. The van der Waals surface area contributed by atoms with Gasteiger partial charge in [-0.2, -0.15) is 0 Å². The Labute approximate surface area is 74.0 Å². The Morgan fingerprint density at radius 3 is 2.92 bits per heavy atom. The zero-order valence-corrected chi connectivity index (χ0v) is 7.21. The highest BCUT2D eigenvalue weighted by atomic mass is 35.5. The topological polar surface area (TPSA) is 56.7 Å². The summed E-state index contributed by atoms with van der Waals surface area (Å²) in [6, 6.07) is 0. The molecule has 0 atom stereocenters. The average molecular weight is 183 g/mol. The van der Waals surface area contributed by atoms with E-state index in [1.54, 1.807) is 17.0 Å². The maximum Gasteiger partial charge on any atom is 0.203 e. The van der Waals surface area contributed by atoms with Crippen molar-refractivity contribution in [3.8, 4) is 0 Å². The Kier molecular flexibility index (Phi) is 1.44. The van der Waals surface area contributed by atoms with Crippen LogP contribution in [0.2, 0.25) is 5.28 Å². The van der Waals surface area contributed by atoms with Crippen LogP contribution in [0.25, 0.3) is 11.0 Å². The van der Waals surface area contributed by atoms with Crippen molar-refractivity contribution in [2.75, 3.05) is 5.73 Å². The maximum atomic E-state index is 5.79. The first-order chi connectivity index (χ1) is 5.70. The third-order valence-electron chi connectivity index (χ3n) is 1.75. The van der Waals surface area contributed by atoms with Crippen molar-refractivity contribution in [3.05, 3.63) is 17.7 Å². The Bertz CT molecular complexity index is 434. The molecule has 0 unspecified atom stereocenters. The van der Waals surface area contributed by atoms with E-state index in [4.69, 9.17) is 17.3 Å². The number of rotatable bonds is 0. The molecule has 0 aromatic carbocycles. The molecule has 4 nitrogen and oxygen atoms in total. The Morgan fingerprint density at radius 2 is 2.25 bits per heavy atom. The molecule has 5 heteroatoms. The number of aromatic nitrogens is 3. The predicted molar refractivity (Wildman–Crippen MR) is 47.9 cm³/mol. The average Bonchev–Trinajstić information content (AvgIpc) is 2.29. The number of pyridine rings is 1. The highest BCUT2D eigenvalue weighted by Crippen LogP contribution is 2.21. The van der Waals surface area contributed by atoms with Gasteiger partial charge in [0.15, 0.2) is 0 Å². The van der Waals surface area contributed by atoms with Crippen LogP contribution in [-0.2, 0) is 7.05 Å². The van der Waals surface area contributed by atoms with E-state index in [0.717, 1.165) is 11.0 Å². The number of halogens is 1. The third-order valence-corrected chi connectivity index (χ3v) is 2.09. The SMILES string of the molecule is Cn1c(Cl)nc2cncc(N)c21. The second-order valence-corrected chi connectivity index (χ2v) is 2.87. The lowest BCUT2D eigenvalue weighted by Crippen LogP contribution is -1.93. The molecule has 0 amide bonds. The molecular weight excluding hydrogens is 176 g/mol. The van der Waals surface area contributed by atoms with Gasteiger partial charge in [-0.15, -0.1) is 0 Å². The summed E-state index contributed by atoms with van der Waals surface area (Å²) in [7, 11) is 1.81. The van der Waals surface area contributed by atoms with E-state index < -0.39 is 0 Å². The molecule has 2 heterocycles. The van der Waals surface area contributed by atoms with Gasteiger partial charge in [0.25, 0.3) is 0 Å². The summed E-state index contributed by atoms with van der Waals surface area (Å²) >= 11 is 5.79. The molecule has 0 spiro atoms. The van der Waals surface area contributed by atoms with Crippen molar-refractivity contribution < 1.29 is 0 Å². The van der Waals surface area contributed by atoms with Crippen LogP contribution >= 0.6 is 11.6 Å². The van der Waals surface area contributed by atoms with E-state index in [9.17, 15) is 0 Å². The summed E-state index contributed by atoms with van der Waals surface area (Å²) in [4.78, 5) is 7.97. The normalized spacial score (nSPS) is 10.8. The number of aryl methyl sites for hydroxylation is 1. The van der Waals surface area contributed by atoms with E-state index in [0.29, 0.717) is 11.0 Å². The summed E-state index contributed by atoms with van der Waals surface area (Å²) in [6.45, 7) is 0. The van der Waals surface area contributed by atoms with Gasteiger partial charge in [0.2, 0.25) is 5.28 Å². The molecule has 2 N–H and O–H groups in total. The largest absolute Gasteiger partial charge is 0.396 e. The number of anilines is 1. The van der Waals surface area contributed by atoms with Crippen LogP contribution in [-0.4, -0.2) is 14.5 Å². The third kappa shape index (κ3) is 0.848. The van der Waals surface area contributed by atoms with Gasteiger partial charge in [-0.3, -0.25) is 4.98 Å². The monoisotopic (exact) mass is 182 g/mol. The molecule has 0 bridgehead atoms. The van der Waals surface area contributed by atoms with Gasteiger partial charge >= 0.3 is 0 Å². The predicted octanol–water partition coefficient (Wildman–Crippen LogP) is 1.20. The van der Waals surface area contributed by atoms with Crippen molar-refractivity contribution >= 4 is 28.3 Å². The molecule has 2 rings (SSSR count). The molecule has 12 heavy (non-hydrogen) atoms. The summed E-state index contributed by atoms with van der Waals surface area (Å²) in [5.74, 6) is 0. The zero-order chi connectivity index (χ0) is 8.72. The van der Waals surface area contributed by atoms with Crippen molar-refractivity contribution in [2.45, 2.75) is 0 Å². The van der Waals surface area contributed by atoms with Gasteiger partial charge in [-0.05, 0) is 11.6 Å². The summed E-state index contributed by atoms with van der Waals surface area (Å²) in [5, 5.41) is 0.421. The molecule has 0 saturated heterocycles. The lowest BCUT2D eigenvalue weighted by atomic mass is 10.3. The fourth-order valence-electron chi connectivity index (χ4n) is 1.17. The first-order valence-electron chi connectivity index (χ1n) is 3.41. The van der Waals surface area contributed by atoms with Crippen LogP contribution < -0.4 is 5.73 Å². The van der Waals surface area contributed by atoms with Crippen LogP contribution in [0.5, 0.6) is 0 Å². The molecule has 0 fully saturated rings. The zero-order valence-electron chi connectivity index (χ0n) is 6.45. The summed E-state index contributed by atoms with van der Waals surface area (Å²) < 4.78 is 1.73. The number of hydrogen-bond donors (Lipinski definition) is 1. The minimum absolute atomic E-state index is 0.421. The van der Waals surface area contributed by atoms with Crippen LogP contribution in [0.15, 0.2) is 12.4 Å². The Balaban J connectivity index is 2.97. The molecule has 2 aromatic heterocycles. The first-order valence-corrected chi connectivity index (χ1v) is 3.79. The smallest absolute Gasteiger partial charge is 0.203 e. The van der Waals surface area contributed by atoms with Gasteiger partial charge in [-0.1, -0.05) is 0 Å². The Hall–Kier alpha value is -1.29. The summed E-state index contributed by atoms with van der Waals surface area (Å²) in [6.07, 6.45) is 3.22. The van der Waals surface area contributed by atoms with Crippen LogP contribution in [0.3, 0.4) is 0 Å². The standard InChI is InChI=1S/C7H7ClN4/c1-12-6-4(9)2-10-3-5(6)11-7(12)8/h2-3H,9H2,1H3. The van der Waals surface area contributed by atoms with E-state index >= 15 is 0 Å². The van der Waals surface area contributed by atoms with Crippen molar-refractivity contribution in [1.29, 1.82) is 0 Å². The Morgan fingerprint density at radius 1 is 1.50 bits per heavy atom. The molecule has 62 valence electrons. The molecule has 2 aromatic rings. The van der Waals surface area contributed by atoms with Gasteiger partial charge in [0, 0.05) is 7.05 Å². The van der Waals surface area contributed by atoms with Crippen molar-refractivity contribution in [1.82, 2.24) is 14.5 Å². The summed E-state index contributed by atoms with van der Waals surface area (Å²) in [5.41, 5.74) is 7.83. The first kappa shape index (κ1) is 7.36. The number of nitrogens with two attached hydrogens (primary N) is 1. The fourth-order valence-corrected chi connectivity index (χ4v) is 1.35. The number of fused-ring (bicyclic) bond motifs is 1. The van der Waals surface area contributed by atoms with Gasteiger partial charge in [0.05, 0.1) is 23.6 Å². The lowest BCUT2D eigenvalue weighted by Gasteiger charge is -1.97. The number of nitrogen functional groups attached to an aromatic ring is 1. The second-order valence-electron chi connectivity index (χ2n) is 2.54. The maximum absolute atomic E-state index is 5.79. The molecule has 0 aliphatic carbocycles. The van der Waals surface area contributed by atoms with Gasteiger partial charge in [-0.25, -0.2) is 4.98 Å². The minimum atomic E-state index is 0.421. The second kappa shape index (κ2) is 2.35. The molecular formula is C7H7ClN4. The minimum Gasteiger partial charge on any atom is -0.396 e. The molecule has 0 radical (unpaired) electrons. The molecule has 0 aliphatic heterocycles. The number of hydrogen-bond acceptors (Lipinski definition) is 3. The van der Waals surface area contributed by atoms with Gasteiger partial charge < -0.3 is 10.3 Å². The molecule has 0 aliphatic rings. The van der Waals surface area contributed by atoms with Crippen LogP contribution in [0, 0.1) is 0 Å². The number of imidazole rings is 1. The van der Waals surface area contributed by atoms with Crippen molar-refractivity contribution in [3.63, 3.8) is 0 Å². The van der Waals surface area contributed by atoms with E-state index in [-0.39, 0.29) is 0 Å². The fraction of sp³-hybridized carbons (Fsp3) is 0.143. The van der Waals surface area contributed by atoms with E-state index in [2.05, 4.69) is 9.97 Å². The van der Waals surface area contributed by atoms with E-state index in [1.165, 1.54) is 0 Å².